The Labute approximate surface area is 151 Å². The third-order valence-corrected chi connectivity index (χ3v) is 5.25. The van der Waals surface area contributed by atoms with E-state index in [1.807, 2.05) is 52.4 Å². The highest BCUT2D eigenvalue weighted by Crippen LogP contribution is 2.22. The number of hydrogen-bond donors (Lipinski definition) is 0. The second-order valence-electron chi connectivity index (χ2n) is 6.12. The van der Waals surface area contributed by atoms with Crippen LogP contribution in [-0.2, 0) is 0 Å². The van der Waals surface area contributed by atoms with Gasteiger partial charge in [-0.05, 0) is 36.9 Å². The molecular weight excluding hydrogens is 336 g/mol. The smallest absolute Gasteiger partial charge is 0.263 e. The molecular formula is C19H22N2O3S. The molecule has 0 spiro atoms. The number of methoxy groups -OCH3 is 1. The molecule has 25 heavy (non-hydrogen) atoms. The van der Waals surface area contributed by atoms with E-state index in [1.165, 1.54) is 11.3 Å². The normalized spacial score (nSPS) is 15.0. The first-order valence-electron chi connectivity index (χ1n) is 8.37. The zero-order valence-electron chi connectivity index (χ0n) is 14.5. The van der Waals surface area contributed by atoms with Crippen LogP contribution in [-0.4, -0.2) is 54.9 Å². The van der Waals surface area contributed by atoms with Crippen molar-refractivity contribution >= 4 is 23.2 Å². The first-order valence-corrected chi connectivity index (χ1v) is 9.25. The minimum absolute atomic E-state index is 0.0361. The van der Waals surface area contributed by atoms with E-state index >= 15 is 0 Å². The number of nitrogens with zero attached hydrogens (tertiary/aromatic N) is 2. The first-order chi connectivity index (χ1) is 12.1. The Bertz CT molecular complexity index is 758. The van der Waals surface area contributed by atoms with Gasteiger partial charge in [-0.15, -0.1) is 11.3 Å². The van der Waals surface area contributed by atoms with Crippen LogP contribution in [0.5, 0.6) is 5.75 Å². The van der Waals surface area contributed by atoms with Crippen molar-refractivity contribution in [1.82, 2.24) is 9.80 Å². The van der Waals surface area contributed by atoms with Gasteiger partial charge < -0.3 is 14.5 Å². The molecule has 0 N–H and O–H groups in total. The maximum absolute atomic E-state index is 12.9. The van der Waals surface area contributed by atoms with Crippen molar-refractivity contribution in [2.24, 2.45) is 0 Å². The maximum Gasteiger partial charge on any atom is 0.263 e. The second kappa shape index (κ2) is 7.70. The van der Waals surface area contributed by atoms with Crippen LogP contribution in [0.1, 0.15) is 32.0 Å². The topological polar surface area (TPSA) is 49.9 Å². The van der Waals surface area contributed by atoms with Gasteiger partial charge in [0.25, 0.3) is 11.8 Å². The molecule has 0 saturated carbocycles. The third-order valence-electron chi connectivity index (χ3n) is 4.39. The molecule has 2 aromatic rings. The molecule has 2 heterocycles. The summed E-state index contributed by atoms with van der Waals surface area (Å²) < 4.78 is 5.34. The molecule has 0 aliphatic carbocycles. The standard InChI is InChI=1S/C19H22N2O3S/c1-14-6-7-16(24-2)15(13-14)18(22)20-8-4-9-21(11-10-20)19(23)17-5-3-12-25-17/h3,5-7,12-13H,4,8-11H2,1-2H3. The molecule has 132 valence electrons. The molecule has 1 aliphatic rings. The third kappa shape index (κ3) is 3.85. The summed E-state index contributed by atoms with van der Waals surface area (Å²) in [5.74, 6) is 0.606. The summed E-state index contributed by atoms with van der Waals surface area (Å²) in [7, 11) is 1.57. The molecule has 0 unspecified atom stereocenters. The Morgan fingerprint density at radius 3 is 2.40 bits per heavy atom. The molecule has 3 rings (SSSR count). The first kappa shape index (κ1) is 17.5. The highest BCUT2D eigenvalue weighted by molar-refractivity contribution is 7.12. The Morgan fingerprint density at radius 1 is 1.04 bits per heavy atom. The summed E-state index contributed by atoms with van der Waals surface area (Å²) in [5.41, 5.74) is 1.61. The number of rotatable bonds is 3. The van der Waals surface area contributed by atoms with E-state index in [9.17, 15) is 9.59 Å². The van der Waals surface area contributed by atoms with Gasteiger partial charge in [-0.2, -0.15) is 0 Å². The number of carbonyl (C=O) groups is 2. The quantitative estimate of drug-likeness (QED) is 0.847. The molecule has 5 nitrogen and oxygen atoms in total. The lowest BCUT2D eigenvalue weighted by atomic mass is 10.1. The minimum atomic E-state index is -0.0361. The Morgan fingerprint density at radius 2 is 1.76 bits per heavy atom. The average Bonchev–Trinajstić information content (AvgIpc) is 3.05. The van der Waals surface area contributed by atoms with Crippen molar-refractivity contribution in [2.75, 3.05) is 33.3 Å². The van der Waals surface area contributed by atoms with Crippen LogP contribution in [0.15, 0.2) is 35.7 Å². The van der Waals surface area contributed by atoms with Crippen LogP contribution in [0.3, 0.4) is 0 Å². The zero-order chi connectivity index (χ0) is 17.8. The number of amides is 2. The molecule has 1 fully saturated rings. The monoisotopic (exact) mass is 358 g/mol. The average molecular weight is 358 g/mol. The molecule has 1 aromatic heterocycles. The largest absolute Gasteiger partial charge is 0.496 e. The van der Waals surface area contributed by atoms with Crippen LogP contribution in [0.25, 0.3) is 0 Å². The molecule has 0 atom stereocenters. The summed E-state index contributed by atoms with van der Waals surface area (Å²) in [6, 6.07) is 9.35. The number of ether oxygens (including phenoxy) is 1. The Hall–Kier alpha value is -2.34. The van der Waals surface area contributed by atoms with Crippen molar-refractivity contribution in [1.29, 1.82) is 0 Å². The number of carbonyl (C=O) groups excluding carboxylic acids is 2. The number of benzene rings is 1. The molecule has 0 radical (unpaired) electrons. The molecule has 1 aliphatic heterocycles. The van der Waals surface area contributed by atoms with Crippen molar-refractivity contribution < 1.29 is 14.3 Å². The maximum atomic E-state index is 12.9. The van der Waals surface area contributed by atoms with Crippen molar-refractivity contribution in [3.63, 3.8) is 0 Å². The van der Waals surface area contributed by atoms with E-state index in [4.69, 9.17) is 4.74 Å². The molecule has 6 heteroatoms. The van der Waals surface area contributed by atoms with Gasteiger partial charge in [-0.1, -0.05) is 17.7 Å². The lowest BCUT2D eigenvalue weighted by Crippen LogP contribution is -2.37. The summed E-state index contributed by atoms with van der Waals surface area (Å²) in [4.78, 5) is 29.9. The summed E-state index contributed by atoms with van der Waals surface area (Å²) in [6.45, 7) is 4.36. The van der Waals surface area contributed by atoms with Gasteiger partial charge in [-0.25, -0.2) is 0 Å². The van der Waals surface area contributed by atoms with E-state index in [2.05, 4.69) is 0 Å². The van der Waals surface area contributed by atoms with E-state index in [0.29, 0.717) is 37.5 Å². The van der Waals surface area contributed by atoms with Gasteiger partial charge in [0.1, 0.15) is 5.75 Å². The van der Waals surface area contributed by atoms with Crippen molar-refractivity contribution in [2.45, 2.75) is 13.3 Å². The van der Waals surface area contributed by atoms with Crippen LogP contribution < -0.4 is 4.74 Å². The second-order valence-corrected chi connectivity index (χ2v) is 7.07. The van der Waals surface area contributed by atoms with E-state index in [1.54, 1.807) is 7.11 Å². The molecule has 0 bridgehead atoms. The summed E-state index contributed by atoms with van der Waals surface area (Å²) in [6.07, 6.45) is 0.775. The highest BCUT2D eigenvalue weighted by Gasteiger charge is 2.25. The van der Waals surface area contributed by atoms with Gasteiger partial charge in [0.15, 0.2) is 0 Å². The minimum Gasteiger partial charge on any atom is -0.496 e. The van der Waals surface area contributed by atoms with Crippen LogP contribution >= 0.6 is 11.3 Å². The lowest BCUT2D eigenvalue weighted by Gasteiger charge is -2.23. The van der Waals surface area contributed by atoms with E-state index < -0.39 is 0 Å². The van der Waals surface area contributed by atoms with Gasteiger partial charge in [0, 0.05) is 26.2 Å². The Balaban J connectivity index is 1.72. The van der Waals surface area contributed by atoms with Gasteiger partial charge in [-0.3, -0.25) is 9.59 Å². The highest BCUT2D eigenvalue weighted by atomic mass is 32.1. The SMILES string of the molecule is COc1ccc(C)cc1C(=O)N1CCCN(C(=O)c2cccs2)CC1. The number of thiophene rings is 1. The molecule has 1 aromatic carbocycles. The van der Waals surface area contributed by atoms with Crippen LogP contribution in [0, 0.1) is 6.92 Å². The molecule has 2 amide bonds. The van der Waals surface area contributed by atoms with E-state index in [0.717, 1.165) is 16.9 Å². The Kier molecular flexibility index (Phi) is 5.38. The lowest BCUT2D eigenvalue weighted by molar-refractivity contribution is 0.0719. The predicted octanol–water partition coefficient (Wildman–Crippen LogP) is 3.05. The predicted molar refractivity (Wildman–Crippen MR) is 98.5 cm³/mol. The van der Waals surface area contributed by atoms with Gasteiger partial charge >= 0.3 is 0 Å². The molecule has 1 saturated heterocycles. The number of hydrogen-bond acceptors (Lipinski definition) is 4. The summed E-state index contributed by atoms with van der Waals surface area (Å²) >= 11 is 1.45. The van der Waals surface area contributed by atoms with Gasteiger partial charge in [0.2, 0.25) is 0 Å². The van der Waals surface area contributed by atoms with Crippen LogP contribution in [0.4, 0.5) is 0 Å². The fraction of sp³-hybridized carbons (Fsp3) is 0.368. The van der Waals surface area contributed by atoms with Gasteiger partial charge in [0.05, 0.1) is 17.6 Å². The van der Waals surface area contributed by atoms with Crippen molar-refractivity contribution in [3.05, 3.63) is 51.7 Å². The van der Waals surface area contributed by atoms with Crippen LogP contribution in [0.2, 0.25) is 0 Å². The summed E-state index contributed by atoms with van der Waals surface area (Å²) in [5, 5.41) is 1.91. The fourth-order valence-corrected chi connectivity index (χ4v) is 3.73. The fourth-order valence-electron chi connectivity index (χ4n) is 3.04. The van der Waals surface area contributed by atoms with E-state index in [-0.39, 0.29) is 11.8 Å². The zero-order valence-corrected chi connectivity index (χ0v) is 15.3. The van der Waals surface area contributed by atoms with Crippen molar-refractivity contribution in [3.8, 4) is 5.75 Å². The number of aryl methyl sites for hydroxylation is 1.